The minimum Gasteiger partial charge on any atom is -0.341 e. The van der Waals surface area contributed by atoms with Gasteiger partial charge in [-0.2, -0.15) is 0 Å². The number of nitrogens with one attached hydrogen (secondary N) is 1. The molecule has 1 amide bonds. The number of hydrogen-bond donors (Lipinski definition) is 1. The fraction of sp³-hybridized carbons (Fsp3) is 0.182. The maximum absolute atomic E-state index is 12.5. The van der Waals surface area contributed by atoms with Crippen LogP contribution in [0.4, 0.5) is 11.4 Å². The van der Waals surface area contributed by atoms with Gasteiger partial charge in [-0.25, -0.2) is 4.99 Å². The number of carbonyl (C=O) groups excluding carboxylic acids is 1. The van der Waals surface area contributed by atoms with Gasteiger partial charge in [-0.3, -0.25) is 4.79 Å². The molecule has 0 aliphatic carbocycles. The van der Waals surface area contributed by atoms with Gasteiger partial charge in [0, 0.05) is 19.0 Å². The second kappa shape index (κ2) is 7.45. The van der Waals surface area contributed by atoms with Gasteiger partial charge in [0.1, 0.15) is 0 Å². The number of hydrogen-bond acceptors (Lipinski definition) is 4. The Morgan fingerprint density at radius 2 is 1.81 bits per heavy atom. The highest BCUT2D eigenvalue weighted by Gasteiger charge is 2.17. The molecule has 0 radical (unpaired) electrons. The van der Waals surface area contributed by atoms with E-state index in [2.05, 4.69) is 53.6 Å². The van der Waals surface area contributed by atoms with Crippen LogP contribution in [-0.2, 0) is 11.3 Å². The van der Waals surface area contributed by atoms with Crippen LogP contribution in [0.1, 0.15) is 11.1 Å². The zero-order valence-electron chi connectivity index (χ0n) is 15.4. The maximum atomic E-state index is 12.5. The fourth-order valence-electron chi connectivity index (χ4n) is 3.14. The molecule has 1 aliphatic rings. The Morgan fingerprint density at radius 3 is 2.59 bits per heavy atom. The van der Waals surface area contributed by atoms with Crippen molar-refractivity contribution in [3.05, 3.63) is 71.8 Å². The molecule has 5 heteroatoms. The minimum absolute atomic E-state index is 0.0853. The summed E-state index contributed by atoms with van der Waals surface area (Å²) in [7, 11) is 1.84. The number of thioether (sulfide) groups is 1. The lowest BCUT2D eigenvalue weighted by atomic mass is 10.1. The number of amides is 1. The number of rotatable bonds is 4. The highest BCUT2D eigenvalue weighted by atomic mass is 32.2. The van der Waals surface area contributed by atoms with E-state index in [1.807, 2.05) is 31.3 Å². The third kappa shape index (κ3) is 3.83. The average molecular weight is 375 g/mol. The van der Waals surface area contributed by atoms with Crippen LogP contribution < -0.4 is 5.32 Å². The lowest BCUT2D eigenvalue weighted by Crippen LogP contribution is -2.28. The summed E-state index contributed by atoms with van der Waals surface area (Å²) >= 11 is 1.44. The summed E-state index contributed by atoms with van der Waals surface area (Å²) < 4.78 is 0. The predicted octanol–water partition coefficient (Wildman–Crippen LogP) is 4.95. The van der Waals surface area contributed by atoms with Crippen molar-refractivity contribution in [2.45, 2.75) is 13.5 Å². The number of benzene rings is 3. The van der Waals surface area contributed by atoms with Crippen LogP contribution in [0.2, 0.25) is 0 Å². The van der Waals surface area contributed by atoms with E-state index < -0.39 is 0 Å². The second-order valence-electron chi connectivity index (χ2n) is 6.75. The van der Waals surface area contributed by atoms with E-state index in [9.17, 15) is 4.79 Å². The third-order valence-electron chi connectivity index (χ3n) is 4.64. The van der Waals surface area contributed by atoms with E-state index in [1.54, 1.807) is 4.90 Å². The molecular weight excluding hydrogens is 354 g/mol. The highest BCUT2D eigenvalue weighted by molar-refractivity contribution is 8.14. The molecule has 1 aliphatic heterocycles. The van der Waals surface area contributed by atoms with E-state index in [0.29, 0.717) is 12.3 Å². The summed E-state index contributed by atoms with van der Waals surface area (Å²) in [5.41, 5.74) is 4.35. The molecule has 0 fully saturated rings. The SMILES string of the molecule is Cc1ccc(CN(C)C(=O)CSC2=Nc3cccc4cccc(c34)N2)cc1. The second-order valence-corrected chi connectivity index (χ2v) is 7.71. The van der Waals surface area contributed by atoms with Gasteiger partial charge in [0.15, 0.2) is 5.17 Å². The van der Waals surface area contributed by atoms with Crippen molar-refractivity contribution in [3.8, 4) is 0 Å². The van der Waals surface area contributed by atoms with Gasteiger partial charge in [-0.1, -0.05) is 65.9 Å². The lowest BCUT2D eigenvalue weighted by molar-refractivity contribution is -0.127. The first-order valence-corrected chi connectivity index (χ1v) is 9.88. The Balaban J connectivity index is 1.41. The highest BCUT2D eigenvalue weighted by Crippen LogP contribution is 2.36. The maximum Gasteiger partial charge on any atom is 0.233 e. The van der Waals surface area contributed by atoms with Crippen LogP contribution in [0, 0.1) is 6.92 Å². The van der Waals surface area contributed by atoms with Crippen LogP contribution in [0.15, 0.2) is 65.7 Å². The number of anilines is 1. The topological polar surface area (TPSA) is 44.7 Å². The largest absolute Gasteiger partial charge is 0.341 e. The lowest BCUT2D eigenvalue weighted by Gasteiger charge is -2.20. The molecule has 4 nitrogen and oxygen atoms in total. The first-order chi connectivity index (χ1) is 13.1. The molecule has 0 spiro atoms. The number of aryl methyl sites for hydroxylation is 1. The normalized spacial score (nSPS) is 12.4. The summed E-state index contributed by atoms with van der Waals surface area (Å²) in [6, 6.07) is 20.5. The van der Waals surface area contributed by atoms with Crippen molar-refractivity contribution in [2.75, 3.05) is 18.1 Å². The van der Waals surface area contributed by atoms with E-state index in [1.165, 1.54) is 22.7 Å². The molecular formula is C22H21N3OS. The Kier molecular flexibility index (Phi) is 4.86. The van der Waals surface area contributed by atoms with Crippen LogP contribution in [0.25, 0.3) is 10.8 Å². The zero-order valence-corrected chi connectivity index (χ0v) is 16.2. The molecule has 4 rings (SSSR count). The van der Waals surface area contributed by atoms with Gasteiger partial charge in [0.25, 0.3) is 0 Å². The first kappa shape index (κ1) is 17.6. The van der Waals surface area contributed by atoms with E-state index in [0.717, 1.165) is 27.5 Å². The Morgan fingerprint density at radius 1 is 1.07 bits per heavy atom. The number of amidine groups is 1. The standard InChI is InChI=1S/C22H21N3OS/c1-15-9-11-16(12-10-15)13-25(2)20(26)14-27-22-23-18-7-3-5-17-6-4-8-19(24-22)21(17)18/h3-12H,13-14H2,1-2H3,(H,23,24). The van der Waals surface area contributed by atoms with Gasteiger partial charge in [-0.05, 0) is 30.0 Å². The van der Waals surface area contributed by atoms with Crippen molar-refractivity contribution >= 4 is 45.0 Å². The van der Waals surface area contributed by atoms with Gasteiger partial charge in [0.05, 0.1) is 17.1 Å². The number of carbonyl (C=O) groups is 1. The number of aliphatic imine (C=N–C) groups is 1. The molecule has 0 saturated carbocycles. The molecule has 0 saturated heterocycles. The molecule has 0 aromatic heterocycles. The monoisotopic (exact) mass is 375 g/mol. The average Bonchev–Trinajstić information content (AvgIpc) is 2.68. The van der Waals surface area contributed by atoms with Crippen molar-refractivity contribution in [2.24, 2.45) is 4.99 Å². The van der Waals surface area contributed by atoms with Gasteiger partial charge >= 0.3 is 0 Å². The molecule has 136 valence electrons. The molecule has 1 N–H and O–H groups in total. The Hall–Kier alpha value is -2.79. The predicted molar refractivity (Wildman–Crippen MR) is 115 cm³/mol. The van der Waals surface area contributed by atoms with Gasteiger partial charge in [0.2, 0.25) is 5.91 Å². The summed E-state index contributed by atoms with van der Waals surface area (Å²) in [6.45, 7) is 2.67. The summed E-state index contributed by atoms with van der Waals surface area (Å²) in [5.74, 6) is 0.439. The molecule has 0 bridgehead atoms. The zero-order chi connectivity index (χ0) is 18.8. The van der Waals surface area contributed by atoms with E-state index in [4.69, 9.17) is 0 Å². The fourth-order valence-corrected chi connectivity index (χ4v) is 3.96. The van der Waals surface area contributed by atoms with E-state index >= 15 is 0 Å². The van der Waals surface area contributed by atoms with Crippen molar-refractivity contribution < 1.29 is 4.79 Å². The summed E-state index contributed by atoms with van der Waals surface area (Å²) in [5, 5.41) is 6.41. The Labute approximate surface area is 163 Å². The van der Waals surface area contributed by atoms with Crippen molar-refractivity contribution in [1.82, 2.24) is 4.90 Å². The van der Waals surface area contributed by atoms with Gasteiger partial charge < -0.3 is 10.2 Å². The third-order valence-corrected chi connectivity index (χ3v) is 5.50. The molecule has 3 aromatic carbocycles. The smallest absolute Gasteiger partial charge is 0.233 e. The minimum atomic E-state index is 0.0853. The van der Waals surface area contributed by atoms with Crippen LogP contribution in [-0.4, -0.2) is 28.8 Å². The van der Waals surface area contributed by atoms with Crippen molar-refractivity contribution in [1.29, 1.82) is 0 Å². The van der Waals surface area contributed by atoms with Crippen LogP contribution >= 0.6 is 11.8 Å². The molecule has 0 unspecified atom stereocenters. The number of nitrogens with zero attached hydrogens (tertiary/aromatic N) is 2. The van der Waals surface area contributed by atoms with E-state index in [-0.39, 0.29) is 5.91 Å². The summed E-state index contributed by atoms with van der Waals surface area (Å²) in [4.78, 5) is 19.0. The molecule has 0 atom stereocenters. The molecule has 3 aromatic rings. The van der Waals surface area contributed by atoms with Crippen molar-refractivity contribution in [3.63, 3.8) is 0 Å². The molecule has 27 heavy (non-hydrogen) atoms. The molecule has 1 heterocycles. The first-order valence-electron chi connectivity index (χ1n) is 8.90. The van der Waals surface area contributed by atoms with Gasteiger partial charge in [-0.15, -0.1) is 0 Å². The van der Waals surface area contributed by atoms with Crippen LogP contribution in [0.5, 0.6) is 0 Å². The Bertz CT molecular complexity index is 1020. The summed E-state index contributed by atoms with van der Waals surface area (Å²) in [6.07, 6.45) is 0. The quantitative estimate of drug-likeness (QED) is 0.701. The van der Waals surface area contributed by atoms with Crippen LogP contribution in [0.3, 0.4) is 0 Å².